The van der Waals surface area contributed by atoms with E-state index in [2.05, 4.69) is 33.9 Å². The number of β-lactam (4-membered cyclic amide) rings is 1. The number of hydrogen-bond acceptors (Lipinski definition) is 4. The summed E-state index contributed by atoms with van der Waals surface area (Å²) in [5.74, 6) is -0.297. The first-order valence-corrected chi connectivity index (χ1v) is 14.1. The number of esters is 1. The summed E-state index contributed by atoms with van der Waals surface area (Å²) >= 11 is 0.241. The van der Waals surface area contributed by atoms with E-state index in [0.717, 1.165) is 5.32 Å². The first-order valence-electron chi connectivity index (χ1n) is 9.00. The summed E-state index contributed by atoms with van der Waals surface area (Å²) in [5, 5.41) is 0.870. The normalized spacial score (nSPS) is 28.4. The van der Waals surface area contributed by atoms with Gasteiger partial charge in [0.15, 0.2) is 0 Å². The summed E-state index contributed by atoms with van der Waals surface area (Å²) < 4.78 is 11.9. The number of carbonyl (C=O) groups excluding carboxylic acids is 2. The van der Waals surface area contributed by atoms with E-state index in [0.29, 0.717) is 0 Å². The van der Waals surface area contributed by atoms with Gasteiger partial charge < -0.3 is 0 Å². The van der Waals surface area contributed by atoms with E-state index in [4.69, 9.17) is 9.16 Å². The number of rotatable bonds is 4. The van der Waals surface area contributed by atoms with Gasteiger partial charge in [0, 0.05) is 0 Å². The molecule has 0 spiro atoms. The molecule has 0 unspecified atom stereocenters. The summed E-state index contributed by atoms with van der Waals surface area (Å²) in [6.45, 7) is 18.7. The molecule has 0 saturated carbocycles. The van der Waals surface area contributed by atoms with Gasteiger partial charge in [-0.25, -0.2) is 0 Å². The Morgan fingerprint density at radius 1 is 1.24 bits per heavy atom. The molecule has 2 rings (SSSR count). The molecule has 2 heterocycles. The van der Waals surface area contributed by atoms with Crippen molar-refractivity contribution in [2.45, 2.75) is 94.6 Å². The molecule has 0 aromatic rings. The fraction of sp³-hybridized carbons (Fsp3) is 0.889. The van der Waals surface area contributed by atoms with Crippen molar-refractivity contribution in [3.05, 3.63) is 0 Å². The second-order valence-corrected chi connectivity index (χ2v) is 16.8. The molecule has 2 aliphatic heterocycles. The molecule has 0 aromatic carbocycles. The van der Waals surface area contributed by atoms with Crippen LogP contribution in [-0.4, -0.2) is 62.7 Å². The zero-order chi connectivity index (χ0) is 19.4. The van der Waals surface area contributed by atoms with Gasteiger partial charge in [0.05, 0.1) is 0 Å². The molecule has 7 heteroatoms. The van der Waals surface area contributed by atoms with Crippen LogP contribution in [-0.2, 0) is 18.8 Å². The maximum absolute atomic E-state index is 12.8. The van der Waals surface area contributed by atoms with Crippen molar-refractivity contribution in [1.29, 1.82) is 0 Å². The second-order valence-electron chi connectivity index (χ2n) is 9.63. The Morgan fingerprint density at radius 2 is 1.80 bits per heavy atom. The number of nitrogens with zero attached hydrogens (tertiary/aromatic N) is 1. The van der Waals surface area contributed by atoms with Crippen LogP contribution < -0.4 is 0 Å². The third-order valence-corrected chi connectivity index (χ3v) is 12.8. The van der Waals surface area contributed by atoms with Crippen LogP contribution in [0.4, 0.5) is 0 Å². The van der Waals surface area contributed by atoms with Gasteiger partial charge in [-0.3, -0.25) is 0 Å². The van der Waals surface area contributed by atoms with Gasteiger partial charge in [0.2, 0.25) is 0 Å². The molecule has 1 amide bonds. The molecule has 5 nitrogen and oxygen atoms in total. The zero-order valence-corrected chi connectivity index (χ0v) is 19.7. The van der Waals surface area contributed by atoms with Gasteiger partial charge in [0.1, 0.15) is 0 Å². The quantitative estimate of drug-likeness (QED) is 0.388. The van der Waals surface area contributed by atoms with Crippen molar-refractivity contribution in [3.63, 3.8) is 0 Å². The first kappa shape index (κ1) is 20.9. The Morgan fingerprint density at radius 3 is 2.28 bits per heavy atom. The van der Waals surface area contributed by atoms with Crippen LogP contribution in [0.1, 0.15) is 48.5 Å². The summed E-state index contributed by atoms with van der Waals surface area (Å²) in [5.41, 5.74) is -0.520. The van der Waals surface area contributed by atoms with Crippen LogP contribution in [0.25, 0.3) is 0 Å². The molecule has 25 heavy (non-hydrogen) atoms. The SMILES string of the molecule is C[C@@H](O[Si](C)(C)C(C)(C)C)[C@H]1C(=O)N2[C@@H](C(=O)OC(C)(C)C)C[Se][C@H]12. The Bertz CT molecular complexity index is 552. The van der Waals surface area contributed by atoms with Gasteiger partial charge in [0.25, 0.3) is 0 Å². The first-order chi connectivity index (χ1) is 11.2. The number of carbonyl (C=O) groups is 2. The monoisotopic (exact) mass is 435 g/mol. The van der Waals surface area contributed by atoms with Crippen molar-refractivity contribution in [2.75, 3.05) is 0 Å². The summed E-state index contributed by atoms with van der Waals surface area (Å²) in [6, 6.07) is -0.395. The third-order valence-electron chi connectivity index (χ3n) is 5.35. The summed E-state index contributed by atoms with van der Waals surface area (Å²) in [6.07, 6.45) is -0.0890. The predicted molar refractivity (Wildman–Crippen MR) is 102 cm³/mol. The molecule has 2 saturated heterocycles. The van der Waals surface area contributed by atoms with Crippen molar-refractivity contribution in [2.24, 2.45) is 5.92 Å². The Labute approximate surface area is 159 Å². The molecule has 4 atom stereocenters. The van der Waals surface area contributed by atoms with Crippen molar-refractivity contribution in [1.82, 2.24) is 4.90 Å². The second kappa shape index (κ2) is 6.66. The van der Waals surface area contributed by atoms with Crippen molar-refractivity contribution < 1.29 is 18.8 Å². The molecule has 0 aromatic heterocycles. The van der Waals surface area contributed by atoms with Gasteiger partial charge in [-0.2, -0.15) is 0 Å². The number of fused-ring (bicyclic) bond motifs is 1. The maximum atomic E-state index is 12.8. The average Bonchev–Trinajstić information content (AvgIpc) is 2.74. The van der Waals surface area contributed by atoms with E-state index in [1.165, 1.54) is 0 Å². The summed E-state index contributed by atoms with van der Waals surface area (Å²) in [7, 11) is -1.91. The van der Waals surface area contributed by atoms with Crippen LogP contribution in [0.5, 0.6) is 0 Å². The molecule has 2 fully saturated rings. The van der Waals surface area contributed by atoms with Crippen molar-refractivity contribution in [3.8, 4) is 0 Å². The summed E-state index contributed by atoms with van der Waals surface area (Å²) in [4.78, 5) is 27.1. The molecule has 0 bridgehead atoms. The molecular weight excluding hydrogens is 401 g/mol. The van der Waals surface area contributed by atoms with Gasteiger partial charge in [-0.1, -0.05) is 0 Å². The van der Waals surface area contributed by atoms with E-state index < -0.39 is 20.0 Å². The van der Waals surface area contributed by atoms with E-state index in [1.807, 2.05) is 27.7 Å². The zero-order valence-electron chi connectivity index (χ0n) is 17.0. The standard InChI is InChI=1S/C18H33NO4SeSi/c1-11(23-25(8,9)18(5,6)7)13-14(20)19-12(10-24-15(13)19)16(21)22-17(2,3)4/h11-13,15H,10H2,1-9H3/t11-,12-,13+,15-/m1/s1. The van der Waals surface area contributed by atoms with Gasteiger partial charge in [-0.05, 0) is 0 Å². The molecule has 0 radical (unpaired) electrons. The van der Waals surface area contributed by atoms with E-state index in [1.54, 1.807) is 4.90 Å². The van der Waals surface area contributed by atoms with Crippen LogP contribution in [0.15, 0.2) is 0 Å². The average molecular weight is 435 g/mol. The molecular formula is C18H33NO4SeSi. The van der Waals surface area contributed by atoms with Gasteiger partial charge in [-0.15, -0.1) is 0 Å². The Kier molecular flexibility index (Phi) is 5.58. The minimum absolute atomic E-state index is 0.0615. The Hall–Kier alpha value is -0.364. The van der Waals surface area contributed by atoms with E-state index in [9.17, 15) is 9.59 Å². The van der Waals surface area contributed by atoms with Crippen molar-refractivity contribution >= 4 is 35.2 Å². The van der Waals surface area contributed by atoms with E-state index >= 15 is 0 Å². The van der Waals surface area contributed by atoms with Gasteiger partial charge >= 0.3 is 159 Å². The third kappa shape index (κ3) is 4.15. The molecule has 2 aliphatic rings. The number of amides is 1. The molecule has 0 aliphatic carbocycles. The topological polar surface area (TPSA) is 55.8 Å². The molecule has 144 valence electrons. The fourth-order valence-corrected chi connectivity index (χ4v) is 7.85. The van der Waals surface area contributed by atoms with Crippen LogP contribution in [0, 0.1) is 5.92 Å². The number of hydrogen-bond donors (Lipinski definition) is 0. The minimum atomic E-state index is -1.91. The predicted octanol–water partition coefficient (Wildman–Crippen LogP) is 3.03. The number of ether oxygens (including phenoxy) is 1. The van der Waals surface area contributed by atoms with Crippen LogP contribution >= 0.6 is 0 Å². The fourth-order valence-electron chi connectivity index (χ4n) is 2.99. The van der Waals surface area contributed by atoms with Crippen LogP contribution in [0.2, 0.25) is 23.5 Å². The van der Waals surface area contributed by atoms with E-state index in [-0.39, 0.29) is 48.8 Å². The van der Waals surface area contributed by atoms with Crippen LogP contribution in [0.3, 0.4) is 0 Å². The molecule has 0 N–H and O–H groups in total. The Balaban J connectivity index is 2.03.